The molecule has 2 aromatic heterocycles. The van der Waals surface area contributed by atoms with Gasteiger partial charge in [0.25, 0.3) is 0 Å². The molecule has 0 saturated heterocycles. The highest BCUT2D eigenvalue weighted by Gasteiger charge is 2.15. The van der Waals surface area contributed by atoms with E-state index in [1.54, 1.807) is 6.20 Å². The van der Waals surface area contributed by atoms with E-state index in [-0.39, 0.29) is 17.2 Å². The van der Waals surface area contributed by atoms with Crippen LogP contribution in [0.15, 0.2) is 42.7 Å². The Hall–Kier alpha value is -3.02. The molecule has 0 bridgehead atoms. The molecule has 2 heterocycles. The van der Waals surface area contributed by atoms with Gasteiger partial charge < -0.3 is 10.8 Å². The number of aromatic carboxylic acids is 1. The summed E-state index contributed by atoms with van der Waals surface area (Å²) in [4.78, 5) is 23.3. The number of para-hydroxylation sites is 1. The van der Waals surface area contributed by atoms with E-state index in [0.717, 1.165) is 10.9 Å². The van der Waals surface area contributed by atoms with Crippen molar-refractivity contribution in [3.63, 3.8) is 0 Å². The first-order chi connectivity index (χ1) is 9.65. The molecule has 3 aromatic rings. The lowest BCUT2D eigenvalue weighted by Gasteiger charge is -2.06. The number of anilines is 1. The van der Waals surface area contributed by atoms with Crippen LogP contribution in [-0.4, -0.2) is 26.0 Å². The lowest BCUT2D eigenvalue weighted by atomic mass is 10.1. The Morgan fingerprint density at radius 2 is 1.95 bits per heavy atom. The molecule has 6 heteroatoms. The molecule has 0 atom stereocenters. The topological polar surface area (TPSA) is 102 Å². The van der Waals surface area contributed by atoms with E-state index in [1.807, 2.05) is 30.3 Å². The summed E-state index contributed by atoms with van der Waals surface area (Å²) >= 11 is 0. The summed E-state index contributed by atoms with van der Waals surface area (Å²) < 4.78 is 0. The van der Waals surface area contributed by atoms with Crippen LogP contribution < -0.4 is 5.73 Å². The van der Waals surface area contributed by atoms with Crippen molar-refractivity contribution in [1.82, 2.24) is 15.0 Å². The number of hydrogen-bond acceptors (Lipinski definition) is 5. The number of rotatable bonds is 2. The molecule has 0 amide bonds. The second kappa shape index (κ2) is 4.58. The highest BCUT2D eigenvalue weighted by atomic mass is 16.4. The van der Waals surface area contributed by atoms with E-state index in [1.165, 1.54) is 6.20 Å². The summed E-state index contributed by atoms with van der Waals surface area (Å²) in [5.74, 6) is -1.08. The first-order valence-corrected chi connectivity index (χ1v) is 5.86. The SMILES string of the molecule is Nc1ncc(C(=O)O)c(-c2cnc3ccccc3c2)n1. The van der Waals surface area contributed by atoms with Crippen LogP contribution in [-0.2, 0) is 0 Å². The van der Waals surface area contributed by atoms with Crippen LogP contribution in [0.3, 0.4) is 0 Å². The third kappa shape index (κ3) is 2.03. The number of nitrogens with zero attached hydrogens (tertiary/aromatic N) is 3. The minimum absolute atomic E-state index is 0.00344. The maximum Gasteiger partial charge on any atom is 0.339 e. The van der Waals surface area contributed by atoms with E-state index in [2.05, 4.69) is 15.0 Å². The Labute approximate surface area is 113 Å². The molecule has 0 spiro atoms. The molecule has 0 fully saturated rings. The normalized spacial score (nSPS) is 10.6. The fourth-order valence-electron chi connectivity index (χ4n) is 1.97. The highest BCUT2D eigenvalue weighted by molar-refractivity contribution is 5.95. The van der Waals surface area contributed by atoms with E-state index in [0.29, 0.717) is 5.56 Å². The maximum atomic E-state index is 11.2. The van der Waals surface area contributed by atoms with Crippen molar-refractivity contribution in [3.8, 4) is 11.3 Å². The number of fused-ring (bicyclic) bond motifs is 1. The van der Waals surface area contributed by atoms with Gasteiger partial charge in [-0.2, -0.15) is 0 Å². The first-order valence-electron chi connectivity index (χ1n) is 5.86. The number of carboxylic acid groups (broad SMARTS) is 1. The molecular formula is C14H10N4O2. The van der Waals surface area contributed by atoms with Crippen molar-refractivity contribution in [2.45, 2.75) is 0 Å². The van der Waals surface area contributed by atoms with Gasteiger partial charge in [0.05, 0.1) is 11.2 Å². The fraction of sp³-hybridized carbons (Fsp3) is 0. The molecule has 3 rings (SSSR count). The summed E-state index contributed by atoms with van der Waals surface area (Å²) in [7, 11) is 0. The zero-order valence-corrected chi connectivity index (χ0v) is 10.3. The molecular weight excluding hydrogens is 256 g/mol. The van der Waals surface area contributed by atoms with Gasteiger partial charge in [-0.3, -0.25) is 4.98 Å². The van der Waals surface area contributed by atoms with Gasteiger partial charge in [-0.25, -0.2) is 14.8 Å². The average Bonchev–Trinajstić information content (AvgIpc) is 2.46. The number of aromatic nitrogens is 3. The summed E-state index contributed by atoms with van der Waals surface area (Å²) in [6, 6.07) is 9.39. The van der Waals surface area contributed by atoms with Crippen LogP contribution in [0.25, 0.3) is 22.2 Å². The monoisotopic (exact) mass is 266 g/mol. The summed E-state index contributed by atoms with van der Waals surface area (Å²) in [5.41, 5.74) is 7.23. The van der Waals surface area contributed by atoms with Crippen molar-refractivity contribution in [3.05, 3.63) is 48.3 Å². The standard InChI is InChI=1S/C14H10N4O2/c15-14-17-7-10(13(19)20)12(18-14)9-5-8-3-1-2-4-11(8)16-6-9/h1-7H,(H,19,20)(H2,15,17,18). The van der Waals surface area contributed by atoms with Gasteiger partial charge in [-0.05, 0) is 12.1 Å². The number of carbonyl (C=O) groups is 1. The largest absolute Gasteiger partial charge is 0.478 e. The van der Waals surface area contributed by atoms with Crippen molar-refractivity contribution >= 4 is 22.8 Å². The van der Waals surface area contributed by atoms with Crippen LogP contribution in [0.2, 0.25) is 0 Å². The second-order valence-corrected chi connectivity index (χ2v) is 4.21. The van der Waals surface area contributed by atoms with Crippen LogP contribution in [0, 0.1) is 0 Å². The number of pyridine rings is 1. The molecule has 0 aliphatic heterocycles. The van der Waals surface area contributed by atoms with Crippen molar-refractivity contribution < 1.29 is 9.90 Å². The first kappa shape index (κ1) is 12.0. The van der Waals surface area contributed by atoms with Crippen LogP contribution in [0.5, 0.6) is 0 Å². The highest BCUT2D eigenvalue weighted by Crippen LogP contribution is 2.24. The van der Waals surface area contributed by atoms with Gasteiger partial charge in [0.2, 0.25) is 5.95 Å². The predicted molar refractivity (Wildman–Crippen MR) is 74.1 cm³/mol. The van der Waals surface area contributed by atoms with Crippen LogP contribution in [0.4, 0.5) is 5.95 Å². The van der Waals surface area contributed by atoms with Crippen LogP contribution in [0.1, 0.15) is 10.4 Å². The Bertz CT molecular complexity index is 817. The molecule has 98 valence electrons. The molecule has 0 saturated carbocycles. The van der Waals surface area contributed by atoms with Gasteiger partial charge in [0, 0.05) is 23.3 Å². The summed E-state index contributed by atoms with van der Waals surface area (Å²) in [5, 5.41) is 10.1. The lowest BCUT2D eigenvalue weighted by Crippen LogP contribution is -2.06. The average molecular weight is 266 g/mol. The molecule has 6 nitrogen and oxygen atoms in total. The zero-order valence-electron chi connectivity index (χ0n) is 10.3. The van der Waals surface area contributed by atoms with E-state index in [4.69, 9.17) is 5.73 Å². The van der Waals surface area contributed by atoms with Gasteiger partial charge in [0.15, 0.2) is 0 Å². The Morgan fingerprint density at radius 3 is 2.75 bits per heavy atom. The minimum Gasteiger partial charge on any atom is -0.478 e. The zero-order chi connectivity index (χ0) is 14.1. The molecule has 1 aromatic carbocycles. The molecule has 0 aliphatic rings. The molecule has 20 heavy (non-hydrogen) atoms. The van der Waals surface area contributed by atoms with Crippen molar-refractivity contribution in [2.24, 2.45) is 0 Å². The van der Waals surface area contributed by atoms with E-state index < -0.39 is 5.97 Å². The number of nitrogens with two attached hydrogens (primary N) is 1. The number of carboxylic acids is 1. The molecule has 0 radical (unpaired) electrons. The van der Waals surface area contributed by atoms with Gasteiger partial charge in [-0.1, -0.05) is 18.2 Å². The third-order valence-corrected chi connectivity index (χ3v) is 2.90. The van der Waals surface area contributed by atoms with E-state index in [9.17, 15) is 9.90 Å². The van der Waals surface area contributed by atoms with Crippen molar-refractivity contribution in [2.75, 3.05) is 5.73 Å². The number of nitrogen functional groups attached to an aromatic ring is 1. The van der Waals surface area contributed by atoms with Crippen LogP contribution >= 0.6 is 0 Å². The quantitative estimate of drug-likeness (QED) is 0.735. The van der Waals surface area contributed by atoms with Crippen molar-refractivity contribution in [1.29, 1.82) is 0 Å². The lowest BCUT2D eigenvalue weighted by molar-refractivity contribution is 0.0697. The van der Waals surface area contributed by atoms with E-state index >= 15 is 0 Å². The molecule has 3 N–H and O–H groups in total. The minimum atomic E-state index is -1.10. The Kier molecular flexibility index (Phi) is 2.76. The maximum absolute atomic E-state index is 11.2. The third-order valence-electron chi connectivity index (χ3n) is 2.90. The Balaban J connectivity index is 2.24. The summed E-state index contributed by atoms with van der Waals surface area (Å²) in [6.07, 6.45) is 2.78. The smallest absolute Gasteiger partial charge is 0.339 e. The summed E-state index contributed by atoms with van der Waals surface area (Å²) in [6.45, 7) is 0. The van der Waals surface area contributed by atoms with Gasteiger partial charge in [-0.15, -0.1) is 0 Å². The van der Waals surface area contributed by atoms with Gasteiger partial charge in [0.1, 0.15) is 5.56 Å². The number of benzene rings is 1. The fourth-order valence-corrected chi connectivity index (χ4v) is 1.97. The predicted octanol–water partition coefficient (Wildman–Crippen LogP) is 1.97. The molecule has 0 aliphatic carbocycles. The second-order valence-electron chi connectivity index (χ2n) is 4.21. The molecule has 0 unspecified atom stereocenters. The Morgan fingerprint density at radius 1 is 1.15 bits per heavy atom. The number of hydrogen-bond donors (Lipinski definition) is 2. The van der Waals surface area contributed by atoms with Gasteiger partial charge >= 0.3 is 5.97 Å².